The maximum atomic E-state index is 12.3. The molecule has 1 atom stereocenters. The molecule has 1 unspecified atom stereocenters. The standard InChI is InChI=1S/C24H19ClN2O7/c25-16-7-10-22(20(13-16)27(30)31)34-17-8-5-15(6-9-17)24(29)33-14-23(28)26-19-11-12-32-21-4-2-1-3-18(19)21/h1-10,13,19H,11-12,14H2,(H,26,28). The summed E-state index contributed by atoms with van der Waals surface area (Å²) in [7, 11) is 0. The average Bonchev–Trinajstić information content (AvgIpc) is 2.84. The van der Waals surface area contributed by atoms with Crippen molar-refractivity contribution < 1.29 is 28.7 Å². The predicted octanol–water partition coefficient (Wildman–Crippen LogP) is 4.84. The second-order valence-electron chi connectivity index (χ2n) is 7.37. The van der Waals surface area contributed by atoms with Crippen molar-refractivity contribution in [3.8, 4) is 17.2 Å². The molecule has 0 saturated heterocycles. The van der Waals surface area contributed by atoms with Crippen LogP contribution in [0.1, 0.15) is 28.4 Å². The fraction of sp³-hybridized carbons (Fsp3) is 0.167. The van der Waals surface area contributed by atoms with E-state index in [4.69, 9.17) is 25.8 Å². The summed E-state index contributed by atoms with van der Waals surface area (Å²) in [6, 6.07) is 17.1. The van der Waals surface area contributed by atoms with E-state index in [1.165, 1.54) is 42.5 Å². The number of fused-ring (bicyclic) bond motifs is 1. The summed E-state index contributed by atoms with van der Waals surface area (Å²) in [5.74, 6) is -0.104. The van der Waals surface area contributed by atoms with E-state index in [9.17, 15) is 19.7 Å². The van der Waals surface area contributed by atoms with Crippen molar-refractivity contribution in [3.05, 3.63) is 93.0 Å². The van der Waals surface area contributed by atoms with Crippen LogP contribution >= 0.6 is 11.6 Å². The zero-order valence-corrected chi connectivity index (χ0v) is 18.5. The van der Waals surface area contributed by atoms with Crippen LogP contribution in [0.2, 0.25) is 5.02 Å². The Hall–Kier alpha value is -4.11. The van der Waals surface area contributed by atoms with Crippen molar-refractivity contribution in [3.63, 3.8) is 0 Å². The van der Waals surface area contributed by atoms with E-state index in [0.717, 1.165) is 11.3 Å². The Morgan fingerprint density at radius 2 is 1.88 bits per heavy atom. The van der Waals surface area contributed by atoms with Gasteiger partial charge in [-0.25, -0.2) is 4.79 Å². The highest BCUT2D eigenvalue weighted by molar-refractivity contribution is 6.30. The number of para-hydroxylation sites is 1. The molecule has 1 N–H and O–H groups in total. The van der Waals surface area contributed by atoms with E-state index in [2.05, 4.69) is 5.32 Å². The first kappa shape index (κ1) is 23.1. The molecular formula is C24H19ClN2O7. The molecule has 34 heavy (non-hydrogen) atoms. The van der Waals surface area contributed by atoms with Crippen molar-refractivity contribution >= 4 is 29.2 Å². The molecule has 3 aromatic carbocycles. The smallest absolute Gasteiger partial charge is 0.338 e. The fourth-order valence-corrected chi connectivity index (χ4v) is 3.61. The number of hydrogen-bond acceptors (Lipinski definition) is 7. The van der Waals surface area contributed by atoms with Gasteiger partial charge in [-0.1, -0.05) is 29.8 Å². The van der Waals surface area contributed by atoms with Crippen molar-refractivity contribution in [1.82, 2.24) is 5.32 Å². The van der Waals surface area contributed by atoms with Gasteiger partial charge >= 0.3 is 11.7 Å². The summed E-state index contributed by atoms with van der Waals surface area (Å²) in [6.45, 7) is 0.0446. The van der Waals surface area contributed by atoms with Gasteiger partial charge in [0, 0.05) is 23.1 Å². The predicted molar refractivity (Wildman–Crippen MR) is 122 cm³/mol. The maximum absolute atomic E-state index is 12.3. The Morgan fingerprint density at radius 1 is 1.12 bits per heavy atom. The molecule has 0 spiro atoms. The van der Waals surface area contributed by atoms with Crippen molar-refractivity contribution in [2.45, 2.75) is 12.5 Å². The minimum Gasteiger partial charge on any atom is -0.493 e. The summed E-state index contributed by atoms with van der Waals surface area (Å²) < 4.78 is 16.2. The van der Waals surface area contributed by atoms with Crippen LogP contribution in [-0.4, -0.2) is 30.0 Å². The molecule has 174 valence electrons. The second kappa shape index (κ2) is 10.2. The number of nitro benzene ring substituents is 1. The Balaban J connectivity index is 1.32. The third-order valence-electron chi connectivity index (χ3n) is 5.06. The maximum Gasteiger partial charge on any atom is 0.338 e. The number of amides is 1. The Morgan fingerprint density at radius 3 is 2.65 bits per heavy atom. The SMILES string of the molecule is O=C(COC(=O)c1ccc(Oc2ccc(Cl)cc2[N+](=O)[O-])cc1)NC1CCOc2ccccc21. The van der Waals surface area contributed by atoms with Gasteiger partial charge in [-0.05, 0) is 42.5 Å². The van der Waals surface area contributed by atoms with Gasteiger partial charge in [-0.2, -0.15) is 0 Å². The second-order valence-corrected chi connectivity index (χ2v) is 7.80. The first-order chi connectivity index (χ1) is 16.4. The van der Waals surface area contributed by atoms with E-state index in [0.29, 0.717) is 13.0 Å². The normalized spacial score (nSPS) is 14.3. The lowest BCUT2D eigenvalue weighted by molar-refractivity contribution is -0.385. The number of nitro groups is 1. The molecule has 1 heterocycles. The van der Waals surface area contributed by atoms with Crippen LogP contribution < -0.4 is 14.8 Å². The molecule has 0 aromatic heterocycles. The number of ether oxygens (including phenoxy) is 3. The van der Waals surface area contributed by atoms with Crippen LogP contribution in [0.4, 0.5) is 5.69 Å². The van der Waals surface area contributed by atoms with Crippen molar-refractivity contribution in [1.29, 1.82) is 0 Å². The van der Waals surface area contributed by atoms with Gasteiger partial charge in [0.2, 0.25) is 5.75 Å². The molecule has 0 fully saturated rings. The highest BCUT2D eigenvalue weighted by atomic mass is 35.5. The molecule has 1 aliphatic heterocycles. The molecule has 10 heteroatoms. The number of nitrogens with one attached hydrogen (secondary N) is 1. The lowest BCUT2D eigenvalue weighted by atomic mass is 10.0. The lowest BCUT2D eigenvalue weighted by Gasteiger charge is -2.26. The summed E-state index contributed by atoms with van der Waals surface area (Å²) in [5.41, 5.74) is 0.793. The number of esters is 1. The third kappa shape index (κ3) is 5.44. The van der Waals surface area contributed by atoms with Crippen LogP contribution in [0.15, 0.2) is 66.7 Å². The van der Waals surface area contributed by atoms with Crippen LogP contribution in [0, 0.1) is 10.1 Å². The molecule has 9 nitrogen and oxygen atoms in total. The summed E-state index contributed by atoms with van der Waals surface area (Å²) in [5, 5.41) is 14.3. The molecule has 3 aromatic rings. The van der Waals surface area contributed by atoms with Crippen LogP contribution in [0.5, 0.6) is 17.2 Å². The molecule has 1 amide bonds. The molecular weight excluding hydrogens is 464 g/mol. The largest absolute Gasteiger partial charge is 0.493 e. The molecule has 0 saturated carbocycles. The van der Waals surface area contributed by atoms with Crippen LogP contribution in [0.25, 0.3) is 0 Å². The van der Waals surface area contributed by atoms with Crippen molar-refractivity contribution in [2.24, 2.45) is 0 Å². The summed E-state index contributed by atoms with van der Waals surface area (Å²) in [6.07, 6.45) is 0.615. The van der Waals surface area contributed by atoms with Gasteiger partial charge in [0.25, 0.3) is 5.91 Å². The number of nitrogens with zero attached hydrogens (tertiary/aromatic N) is 1. The number of halogens is 1. The Labute approximate surface area is 199 Å². The first-order valence-electron chi connectivity index (χ1n) is 10.3. The van der Waals surface area contributed by atoms with Gasteiger partial charge < -0.3 is 19.5 Å². The van der Waals surface area contributed by atoms with Crippen LogP contribution in [-0.2, 0) is 9.53 Å². The highest BCUT2D eigenvalue weighted by Gasteiger charge is 2.23. The first-order valence-corrected chi connectivity index (χ1v) is 10.7. The molecule has 0 radical (unpaired) electrons. The molecule has 1 aliphatic rings. The average molecular weight is 483 g/mol. The van der Waals surface area contributed by atoms with E-state index in [-0.39, 0.29) is 33.8 Å². The van der Waals surface area contributed by atoms with Gasteiger partial charge in [0.15, 0.2) is 6.61 Å². The minimum absolute atomic E-state index is 0.0103. The Bertz CT molecular complexity index is 1230. The van der Waals surface area contributed by atoms with Crippen LogP contribution in [0.3, 0.4) is 0 Å². The van der Waals surface area contributed by atoms with Gasteiger partial charge in [-0.15, -0.1) is 0 Å². The third-order valence-corrected chi connectivity index (χ3v) is 5.30. The topological polar surface area (TPSA) is 117 Å². The number of rotatable bonds is 7. The monoisotopic (exact) mass is 482 g/mol. The van der Waals surface area contributed by atoms with E-state index < -0.39 is 23.4 Å². The number of benzene rings is 3. The quantitative estimate of drug-likeness (QED) is 0.291. The number of hydrogen-bond donors (Lipinski definition) is 1. The van der Waals surface area contributed by atoms with Gasteiger partial charge in [0.1, 0.15) is 11.5 Å². The van der Waals surface area contributed by atoms with E-state index in [1.54, 1.807) is 0 Å². The molecule has 4 rings (SSSR count). The summed E-state index contributed by atoms with van der Waals surface area (Å²) >= 11 is 5.80. The van der Waals surface area contributed by atoms with E-state index in [1.807, 2.05) is 24.3 Å². The summed E-state index contributed by atoms with van der Waals surface area (Å²) in [4.78, 5) is 35.2. The van der Waals surface area contributed by atoms with E-state index >= 15 is 0 Å². The van der Waals surface area contributed by atoms with Gasteiger partial charge in [-0.3, -0.25) is 14.9 Å². The minimum atomic E-state index is -0.688. The zero-order valence-electron chi connectivity index (χ0n) is 17.7. The number of carbonyl (C=O) groups is 2. The molecule has 0 bridgehead atoms. The van der Waals surface area contributed by atoms with Gasteiger partial charge in [0.05, 0.1) is 23.1 Å². The lowest BCUT2D eigenvalue weighted by Crippen LogP contribution is -2.35. The van der Waals surface area contributed by atoms with Crippen molar-refractivity contribution in [2.75, 3.05) is 13.2 Å². The number of carbonyl (C=O) groups excluding carboxylic acids is 2. The molecule has 0 aliphatic carbocycles. The zero-order chi connectivity index (χ0) is 24.1. The Kier molecular flexibility index (Phi) is 6.93. The highest BCUT2D eigenvalue weighted by Crippen LogP contribution is 2.34. The fourth-order valence-electron chi connectivity index (χ4n) is 3.45.